The number of rotatable bonds is 8. The van der Waals surface area contributed by atoms with Gasteiger partial charge >= 0.3 is 5.97 Å². The van der Waals surface area contributed by atoms with Gasteiger partial charge in [0.1, 0.15) is 6.04 Å². The predicted molar refractivity (Wildman–Crippen MR) is 109 cm³/mol. The maximum atomic E-state index is 12.8. The standard InChI is InChI=1S/C21H22N2O3S/c1-27-12-11-18(21(25)26)22-20(24)17-14-23(13-15-7-3-2-4-8-15)19-10-6-5-9-16(17)19/h2-10,14,18H,11-13H2,1H3,(H,22,24)(H,25,26)/t18-/m0/s1. The number of hydrogen-bond acceptors (Lipinski definition) is 3. The van der Waals surface area contributed by atoms with Gasteiger partial charge in [-0.3, -0.25) is 4.79 Å². The van der Waals surface area contributed by atoms with Crippen molar-refractivity contribution in [3.8, 4) is 0 Å². The second-order valence-corrected chi connectivity index (χ2v) is 7.30. The van der Waals surface area contributed by atoms with Gasteiger partial charge in [0.25, 0.3) is 5.91 Å². The Labute approximate surface area is 162 Å². The first-order valence-electron chi connectivity index (χ1n) is 8.74. The maximum Gasteiger partial charge on any atom is 0.326 e. The van der Waals surface area contributed by atoms with Crippen LogP contribution in [0.5, 0.6) is 0 Å². The van der Waals surface area contributed by atoms with Crippen molar-refractivity contribution >= 4 is 34.5 Å². The molecule has 2 N–H and O–H groups in total. The SMILES string of the molecule is CSCC[C@H](NC(=O)c1cn(Cc2ccccc2)c2ccccc12)C(=O)O. The van der Waals surface area contributed by atoms with E-state index in [0.717, 1.165) is 16.5 Å². The van der Waals surface area contributed by atoms with Crippen molar-refractivity contribution in [2.45, 2.75) is 19.0 Å². The van der Waals surface area contributed by atoms with Crippen LogP contribution in [0.2, 0.25) is 0 Å². The molecular formula is C21H22N2O3S. The summed E-state index contributed by atoms with van der Waals surface area (Å²) in [5.41, 5.74) is 2.58. The Kier molecular flexibility index (Phi) is 6.19. The number of amides is 1. The zero-order valence-corrected chi connectivity index (χ0v) is 15.9. The largest absolute Gasteiger partial charge is 0.480 e. The molecule has 27 heavy (non-hydrogen) atoms. The number of carbonyl (C=O) groups excluding carboxylic acids is 1. The van der Waals surface area contributed by atoms with E-state index in [9.17, 15) is 14.7 Å². The van der Waals surface area contributed by atoms with Crippen LogP contribution >= 0.6 is 11.8 Å². The number of carbonyl (C=O) groups is 2. The smallest absolute Gasteiger partial charge is 0.326 e. The highest BCUT2D eigenvalue weighted by Crippen LogP contribution is 2.22. The molecule has 6 heteroatoms. The summed E-state index contributed by atoms with van der Waals surface area (Å²) in [5.74, 6) is -0.690. The third-order valence-electron chi connectivity index (χ3n) is 4.44. The van der Waals surface area contributed by atoms with Crippen molar-refractivity contribution in [3.63, 3.8) is 0 Å². The van der Waals surface area contributed by atoms with Gasteiger partial charge in [-0.15, -0.1) is 0 Å². The third-order valence-corrected chi connectivity index (χ3v) is 5.09. The van der Waals surface area contributed by atoms with E-state index in [1.807, 2.05) is 65.4 Å². The van der Waals surface area contributed by atoms with Crippen molar-refractivity contribution in [2.24, 2.45) is 0 Å². The van der Waals surface area contributed by atoms with E-state index in [4.69, 9.17) is 0 Å². The Morgan fingerprint density at radius 3 is 2.52 bits per heavy atom. The summed E-state index contributed by atoms with van der Waals surface area (Å²) in [6.07, 6.45) is 4.11. The quantitative estimate of drug-likeness (QED) is 0.624. The van der Waals surface area contributed by atoms with Gasteiger partial charge in [0.2, 0.25) is 0 Å². The molecule has 1 heterocycles. The van der Waals surface area contributed by atoms with Crippen LogP contribution in [0.4, 0.5) is 0 Å². The second kappa shape index (κ2) is 8.77. The van der Waals surface area contributed by atoms with E-state index < -0.39 is 12.0 Å². The van der Waals surface area contributed by atoms with Gasteiger partial charge in [-0.2, -0.15) is 11.8 Å². The first kappa shape index (κ1) is 19.0. The number of thioether (sulfide) groups is 1. The normalized spacial score (nSPS) is 12.0. The number of aromatic nitrogens is 1. The summed E-state index contributed by atoms with van der Waals surface area (Å²) < 4.78 is 2.03. The van der Waals surface area contributed by atoms with Crippen molar-refractivity contribution < 1.29 is 14.7 Å². The van der Waals surface area contributed by atoms with Crippen LogP contribution in [0.3, 0.4) is 0 Å². The third kappa shape index (κ3) is 4.52. The molecule has 0 aliphatic rings. The number of carboxylic acids is 1. The summed E-state index contributed by atoms with van der Waals surface area (Å²) in [5, 5.41) is 12.9. The predicted octanol–water partition coefficient (Wildman–Crippen LogP) is 3.63. The molecule has 0 unspecified atom stereocenters. The van der Waals surface area contributed by atoms with Gasteiger partial charge in [0.15, 0.2) is 0 Å². The highest BCUT2D eigenvalue weighted by molar-refractivity contribution is 7.98. The van der Waals surface area contributed by atoms with Crippen LogP contribution in [0.1, 0.15) is 22.3 Å². The van der Waals surface area contributed by atoms with Gasteiger partial charge in [0, 0.05) is 23.6 Å². The molecule has 1 amide bonds. The van der Waals surface area contributed by atoms with Crippen molar-refractivity contribution in [1.29, 1.82) is 0 Å². The highest BCUT2D eigenvalue weighted by Gasteiger charge is 2.22. The monoisotopic (exact) mass is 382 g/mol. The molecule has 5 nitrogen and oxygen atoms in total. The molecule has 0 fully saturated rings. The molecule has 0 spiro atoms. The first-order chi connectivity index (χ1) is 13.1. The molecule has 0 aliphatic carbocycles. The molecule has 0 aliphatic heterocycles. The van der Waals surface area contributed by atoms with Crippen LogP contribution in [0.25, 0.3) is 10.9 Å². The Morgan fingerprint density at radius 2 is 1.81 bits per heavy atom. The number of nitrogens with one attached hydrogen (secondary N) is 1. The van der Waals surface area contributed by atoms with Crippen LogP contribution < -0.4 is 5.32 Å². The van der Waals surface area contributed by atoms with E-state index in [1.165, 1.54) is 0 Å². The minimum atomic E-state index is -1.01. The number of hydrogen-bond donors (Lipinski definition) is 2. The summed E-state index contributed by atoms with van der Waals surface area (Å²) >= 11 is 1.56. The summed E-state index contributed by atoms with van der Waals surface area (Å²) in [6.45, 7) is 0.642. The summed E-state index contributed by atoms with van der Waals surface area (Å²) in [7, 11) is 0. The van der Waals surface area contributed by atoms with Gasteiger partial charge in [0.05, 0.1) is 5.56 Å². The molecule has 0 saturated carbocycles. The zero-order chi connectivity index (χ0) is 19.2. The fourth-order valence-electron chi connectivity index (χ4n) is 3.07. The van der Waals surface area contributed by atoms with Crippen molar-refractivity contribution in [3.05, 3.63) is 71.9 Å². The van der Waals surface area contributed by atoms with Crippen LogP contribution in [-0.2, 0) is 11.3 Å². The van der Waals surface area contributed by atoms with Crippen LogP contribution in [0.15, 0.2) is 60.8 Å². The molecule has 3 aromatic rings. The molecule has 1 aromatic heterocycles. The number of para-hydroxylation sites is 1. The minimum Gasteiger partial charge on any atom is -0.480 e. The zero-order valence-electron chi connectivity index (χ0n) is 15.1. The van der Waals surface area contributed by atoms with Gasteiger partial charge in [-0.05, 0) is 30.1 Å². The highest BCUT2D eigenvalue weighted by atomic mass is 32.2. The number of nitrogens with zero attached hydrogens (tertiary/aromatic N) is 1. The van der Waals surface area contributed by atoms with Crippen molar-refractivity contribution in [1.82, 2.24) is 9.88 Å². The Morgan fingerprint density at radius 1 is 1.11 bits per heavy atom. The number of aliphatic carboxylic acids is 1. The van der Waals surface area contributed by atoms with Crippen LogP contribution in [0, 0.1) is 0 Å². The molecule has 0 saturated heterocycles. The fraction of sp³-hybridized carbons (Fsp3) is 0.238. The molecular weight excluding hydrogens is 360 g/mol. The molecule has 3 rings (SSSR count). The van der Waals surface area contributed by atoms with Crippen LogP contribution in [-0.4, -0.2) is 39.6 Å². The lowest BCUT2D eigenvalue weighted by molar-refractivity contribution is -0.139. The number of fused-ring (bicyclic) bond motifs is 1. The van der Waals surface area contributed by atoms with E-state index in [2.05, 4.69) is 5.32 Å². The average molecular weight is 382 g/mol. The first-order valence-corrected chi connectivity index (χ1v) is 10.1. The van der Waals surface area contributed by atoms with Gasteiger partial charge in [-0.25, -0.2) is 4.79 Å². The topological polar surface area (TPSA) is 71.3 Å². The summed E-state index contributed by atoms with van der Waals surface area (Å²) in [4.78, 5) is 24.3. The molecule has 1 atom stereocenters. The summed E-state index contributed by atoms with van der Waals surface area (Å²) in [6, 6.07) is 16.8. The maximum absolute atomic E-state index is 12.8. The fourth-order valence-corrected chi connectivity index (χ4v) is 3.54. The number of benzene rings is 2. The van der Waals surface area contributed by atoms with Crippen molar-refractivity contribution in [2.75, 3.05) is 12.0 Å². The lowest BCUT2D eigenvalue weighted by atomic mass is 10.1. The van der Waals surface area contributed by atoms with Gasteiger partial charge < -0.3 is 15.0 Å². The molecule has 0 radical (unpaired) electrons. The minimum absolute atomic E-state index is 0.355. The average Bonchev–Trinajstić information content (AvgIpc) is 3.04. The van der Waals surface area contributed by atoms with E-state index in [0.29, 0.717) is 24.3 Å². The lowest BCUT2D eigenvalue weighted by Gasteiger charge is -2.13. The Balaban J connectivity index is 1.90. The van der Waals surface area contributed by atoms with E-state index >= 15 is 0 Å². The second-order valence-electron chi connectivity index (χ2n) is 6.32. The lowest BCUT2D eigenvalue weighted by Crippen LogP contribution is -2.41. The Hall–Kier alpha value is -2.73. The Bertz CT molecular complexity index is 937. The molecule has 0 bridgehead atoms. The molecule has 140 valence electrons. The van der Waals surface area contributed by atoms with Gasteiger partial charge in [-0.1, -0.05) is 48.5 Å². The van der Waals surface area contributed by atoms with E-state index in [-0.39, 0.29) is 5.91 Å². The van der Waals surface area contributed by atoms with E-state index in [1.54, 1.807) is 18.0 Å². The molecule has 2 aromatic carbocycles. The number of carboxylic acid groups (broad SMARTS) is 1.